The maximum atomic E-state index is 11.6. The third-order valence-corrected chi connectivity index (χ3v) is 3.25. The number of carboxylic acids is 1. The van der Waals surface area contributed by atoms with Gasteiger partial charge in [-0.1, -0.05) is 0 Å². The van der Waals surface area contributed by atoms with Crippen LogP contribution in [0.15, 0.2) is 0 Å². The molecule has 114 valence electrons. The van der Waals surface area contributed by atoms with Gasteiger partial charge in [-0.3, -0.25) is 0 Å². The van der Waals surface area contributed by atoms with Crippen LogP contribution in [0.5, 0.6) is 0 Å². The van der Waals surface area contributed by atoms with Gasteiger partial charge >= 0.3 is 12.0 Å². The second-order valence-electron chi connectivity index (χ2n) is 4.82. The summed E-state index contributed by atoms with van der Waals surface area (Å²) in [5.74, 6) is -0.952. The zero-order valence-electron chi connectivity index (χ0n) is 11.2. The lowest BCUT2D eigenvalue weighted by Crippen LogP contribution is -2.45. The minimum absolute atomic E-state index is 0.117. The van der Waals surface area contributed by atoms with Crippen LogP contribution in [-0.2, 0) is 19.0 Å². The summed E-state index contributed by atoms with van der Waals surface area (Å²) in [6.07, 6.45) is 0.00952. The van der Waals surface area contributed by atoms with Crippen LogP contribution in [-0.4, -0.2) is 68.3 Å². The van der Waals surface area contributed by atoms with Crippen molar-refractivity contribution in [1.29, 1.82) is 0 Å². The SMILES string of the molecule is O=C(NCC1COCCO1)NCC1CCC(C(=O)O)O1. The second-order valence-corrected chi connectivity index (χ2v) is 4.82. The first-order valence-electron chi connectivity index (χ1n) is 6.74. The number of amides is 2. The largest absolute Gasteiger partial charge is 0.479 e. The lowest BCUT2D eigenvalue weighted by atomic mass is 10.2. The van der Waals surface area contributed by atoms with Crippen LogP contribution >= 0.6 is 0 Å². The Balaban J connectivity index is 1.57. The fourth-order valence-electron chi connectivity index (χ4n) is 2.17. The number of carbonyl (C=O) groups excluding carboxylic acids is 1. The van der Waals surface area contributed by atoms with Crippen molar-refractivity contribution in [3.8, 4) is 0 Å². The summed E-state index contributed by atoms with van der Waals surface area (Å²) < 4.78 is 15.9. The Hall–Kier alpha value is -1.38. The van der Waals surface area contributed by atoms with E-state index in [1.807, 2.05) is 0 Å². The summed E-state index contributed by atoms with van der Waals surface area (Å²) in [6.45, 7) is 2.30. The highest BCUT2D eigenvalue weighted by Crippen LogP contribution is 2.19. The molecule has 0 aromatic carbocycles. The number of hydrogen-bond donors (Lipinski definition) is 3. The van der Waals surface area contributed by atoms with E-state index in [2.05, 4.69) is 10.6 Å². The summed E-state index contributed by atoms with van der Waals surface area (Å²) in [4.78, 5) is 22.3. The molecule has 0 aliphatic carbocycles. The van der Waals surface area contributed by atoms with Crippen LogP contribution in [0, 0.1) is 0 Å². The molecule has 3 unspecified atom stereocenters. The number of aliphatic carboxylic acids is 1. The van der Waals surface area contributed by atoms with E-state index in [-0.39, 0.29) is 18.2 Å². The predicted molar refractivity (Wildman–Crippen MR) is 67.5 cm³/mol. The molecule has 20 heavy (non-hydrogen) atoms. The molecule has 2 fully saturated rings. The van der Waals surface area contributed by atoms with Gasteiger partial charge in [0.2, 0.25) is 0 Å². The molecule has 0 bridgehead atoms. The maximum Gasteiger partial charge on any atom is 0.332 e. The van der Waals surface area contributed by atoms with Gasteiger partial charge in [-0.25, -0.2) is 9.59 Å². The average molecular weight is 288 g/mol. The summed E-state index contributed by atoms with van der Waals surface area (Å²) in [5, 5.41) is 14.1. The lowest BCUT2D eigenvalue weighted by molar-refractivity contribution is -0.149. The molecular formula is C12H20N2O6. The zero-order chi connectivity index (χ0) is 14.4. The molecule has 2 amide bonds. The maximum absolute atomic E-state index is 11.6. The van der Waals surface area contributed by atoms with E-state index in [9.17, 15) is 9.59 Å². The third-order valence-electron chi connectivity index (χ3n) is 3.25. The minimum Gasteiger partial charge on any atom is -0.479 e. The monoisotopic (exact) mass is 288 g/mol. The Kier molecular flexibility index (Phi) is 5.57. The minimum atomic E-state index is -0.952. The Labute approximate surface area is 116 Å². The molecule has 2 rings (SSSR count). The number of nitrogens with one attached hydrogen (secondary N) is 2. The molecule has 0 radical (unpaired) electrons. The van der Waals surface area contributed by atoms with Crippen molar-refractivity contribution >= 4 is 12.0 Å². The van der Waals surface area contributed by atoms with Gasteiger partial charge in [0, 0.05) is 13.1 Å². The smallest absolute Gasteiger partial charge is 0.332 e. The lowest BCUT2D eigenvalue weighted by Gasteiger charge is -2.23. The van der Waals surface area contributed by atoms with Gasteiger partial charge in [0.05, 0.1) is 32.0 Å². The van der Waals surface area contributed by atoms with Crippen molar-refractivity contribution < 1.29 is 28.9 Å². The highest BCUT2D eigenvalue weighted by molar-refractivity contribution is 5.74. The second kappa shape index (κ2) is 7.41. The first-order chi connectivity index (χ1) is 9.65. The van der Waals surface area contributed by atoms with Gasteiger partial charge in [-0.15, -0.1) is 0 Å². The molecule has 3 N–H and O–H groups in total. The number of hydrogen-bond acceptors (Lipinski definition) is 5. The Morgan fingerprint density at radius 3 is 2.45 bits per heavy atom. The molecule has 2 saturated heterocycles. The normalized spacial score (nSPS) is 29.9. The van der Waals surface area contributed by atoms with Crippen LogP contribution < -0.4 is 10.6 Å². The predicted octanol–water partition coefficient (Wildman–Crippen LogP) is -0.667. The van der Waals surface area contributed by atoms with Gasteiger partial charge in [0.15, 0.2) is 6.10 Å². The first kappa shape index (κ1) is 15.0. The molecule has 3 atom stereocenters. The molecular weight excluding hydrogens is 268 g/mol. The molecule has 0 spiro atoms. The number of carboxylic acid groups (broad SMARTS) is 1. The third kappa shape index (κ3) is 4.62. The first-order valence-corrected chi connectivity index (χ1v) is 6.74. The van der Waals surface area contributed by atoms with Crippen LogP contribution in [0.3, 0.4) is 0 Å². The van der Waals surface area contributed by atoms with Gasteiger partial charge in [0.1, 0.15) is 0 Å². The quantitative estimate of drug-likeness (QED) is 0.620. The van der Waals surface area contributed by atoms with Crippen molar-refractivity contribution in [3.63, 3.8) is 0 Å². The topological polar surface area (TPSA) is 106 Å². The molecule has 8 nitrogen and oxygen atoms in total. The summed E-state index contributed by atoms with van der Waals surface area (Å²) in [7, 11) is 0. The van der Waals surface area contributed by atoms with Gasteiger partial charge in [-0.2, -0.15) is 0 Å². The van der Waals surface area contributed by atoms with E-state index in [1.54, 1.807) is 0 Å². The molecule has 0 aromatic rings. The average Bonchev–Trinajstić information content (AvgIpc) is 2.93. The molecule has 2 heterocycles. The number of carbonyl (C=O) groups is 2. The molecule has 2 aliphatic rings. The van der Waals surface area contributed by atoms with Crippen molar-refractivity contribution in [2.24, 2.45) is 0 Å². The number of ether oxygens (including phenoxy) is 3. The van der Waals surface area contributed by atoms with Gasteiger partial charge < -0.3 is 30.0 Å². The van der Waals surface area contributed by atoms with E-state index in [4.69, 9.17) is 19.3 Å². The summed E-state index contributed by atoms with van der Waals surface area (Å²) >= 11 is 0. The number of urea groups is 1. The van der Waals surface area contributed by atoms with Crippen molar-refractivity contribution in [3.05, 3.63) is 0 Å². The fraction of sp³-hybridized carbons (Fsp3) is 0.833. The van der Waals surface area contributed by atoms with Gasteiger partial charge in [0.25, 0.3) is 0 Å². The van der Waals surface area contributed by atoms with Crippen molar-refractivity contribution in [2.45, 2.75) is 31.2 Å². The Morgan fingerprint density at radius 2 is 1.85 bits per heavy atom. The van der Waals surface area contributed by atoms with E-state index in [0.29, 0.717) is 45.8 Å². The van der Waals surface area contributed by atoms with Crippen LogP contribution in [0.1, 0.15) is 12.8 Å². The molecule has 0 aromatic heterocycles. The van der Waals surface area contributed by atoms with E-state index >= 15 is 0 Å². The number of rotatable bonds is 5. The Morgan fingerprint density at radius 1 is 1.10 bits per heavy atom. The van der Waals surface area contributed by atoms with Gasteiger partial charge in [-0.05, 0) is 12.8 Å². The van der Waals surface area contributed by atoms with Crippen molar-refractivity contribution in [1.82, 2.24) is 10.6 Å². The molecule has 2 aliphatic heterocycles. The highest BCUT2D eigenvalue weighted by Gasteiger charge is 2.30. The zero-order valence-corrected chi connectivity index (χ0v) is 11.2. The van der Waals surface area contributed by atoms with E-state index in [0.717, 1.165) is 0 Å². The van der Waals surface area contributed by atoms with Crippen LogP contribution in [0.25, 0.3) is 0 Å². The Bertz CT molecular complexity index is 345. The fourth-order valence-corrected chi connectivity index (χ4v) is 2.17. The van der Waals surface area contributed by atoms with Crippen molar-refractivity contribution in [2.75, 3.05) is 32.9 Å². The molecule has 8 heteroatoms. The van der Waals surface area contributed by atoms with Crippen LogP contribution in [0.2, 0.25) is 0 Å². The standard InChI is InChI=1S/C12H20N2O6/c15-11(16)10-2-1-8(20-10)5-13-12(17)14-6-9-7-18-3-4-19-9/h8-10H,1-7H2,(H,15,16)(H2,13,14,17). The molecule has 0 saturated carbocycles. The van der Waals surface area contributed by atoms with Crippen LogP contribution in [0.4, 0.5) is 4.79 Å². The van der Waals surface area contributed by atoms with E-state index < -0.39 is 12.1 Å². The summed E-state index contributed by atoms with van der Waals surface area (Å²) in [6, 6.07) is -0.318. The van der Waals surface area contributed by atoms with E-state index in [1.165, 1.54) is 0 Å². The highest BCUT2D eigenvalue weighted by atomic mass is 16.6. The summed E-state index contributed by atoms with van der Waals surface area (Å²) in [5.41, 5.74) is 0.